The summed E-state index contributed by atoms with van der Waals surface area (Å²) < 4.78 is 15.6. The maximum absolute atomic E-state index is 12.6. The molecule has 3 aromatic rings. The van der Waals surface area contributed by atoms with Gasteiger partial charge in [-0.3, -0.25) is 4.79 Å². The van der Waals surface area contributed by atoms with E-state index in [1.165, 1.54) is 12.3 Å². The van der Waals surface area contributed by atoms with Crippen molar-refractivity contribution in [3.63, 3.8) is 0 Å². The van der Waals surface area contributed by atoms with Gasteiger partial charge < -0.3 is 19.2 Å². The number of esters is 2. The Morgan fingerprint density at radius 3 is 2.47 bits per heavy atom. The van der Waals surface area contributed by atoms with Crippen LogP contribution in [0, 0.1) is 6.92 Å². The van der Waals surface area contributed by atoms with E-state index < -0.39 is 17.8 Å². The topological polar surface area (TPSA) is 94.8 Å². The zero-order chi connectivity index (χ0) is 21.5. The SMILES string of the molecule is CCOC(=O)c1c(NC(=O)c2ccco2)sc(C(=O)OCCc2ccccc2)c1C. The molecule has 2 heterocycles. The highest BCUT2D eigenvalue weighted by atomic mass is 32.1. The van der Waals surface area contributed by atoms with Gasteiger partial charge in [0.1, 0.15) is 9.88 Å². The molecule has 0 atom stereocenters. The number of carbonyl (C=O) groups excluding carboxylic acids is 3. The van der Waals surface area contributed by atoms with Gasteiger partial charge >= 0.3 is 11.9 Å². The number of rotatable bonds is 8. The van der Waals surface area contributed by atoms with Gasteiger partial charge in [0.15, 0.2) is 5.76 Å². The molecule has 1 amide bonds. The molecule has 0 aliphatic rings. The number of carbonyl (C=O) groups is 3. The summed E-state index contributed by atoms with van der Waals surface area (Å²) in [5.41, 5.74) is 1.58. The molecule has 0 saturated heterocycles. The Balaban J connectivity index is 1.78. The second-order valence-electron chi connectivity index (χ2n) is 6.28. The van der Waals surface area contributed by atoms with Gasteiger partial charge in [0.2, 0.25) is 0 Å². The van der Waals surface area contributed by atoms with Crippen LogP contribution in [0.1, 0.15) is 48.6 Å². The smallest absolute Gasteiger partial charge is 0.348 e. The van der Waals surface area contributed by atoms with Gasteiger partial charge in [-0.2, -0.15) is 0 Å². The average molecular weight is 427 g/mol. The highest BCUT2D eigenvalue weighted by Gasteiger charge is 2.28. The first-order valence-corrected chi connectivity index (χ1v) is 10.2. The van der Waals surface area contributed by atoms with Crippen molar-refractivity contribution in [2.45, 2.75) is 20.3 Å². The second kappa shape index (κ2) is 9.89. The number of ether oxygens (including phenoxy) is 2. The summed E-state index contributed by atoms with van der Waals surface area (Å²) in [6.07, 6.45) is 1.94. The van der Waals surface area contributed by atoms with Gasteiger partial charge in [-0.15, -0.1) is 11.3 Å². The molecule has 3 rings (SSSR count). The monoisotopic (exact) mass is 427 g/mol. The van der Waals surface area contributed by atoms with Gasteiger partial charge in [0, 0.05) is 6.42 Å². The summed E-state index contributed by atoms with van der Waals surface area (Å²) >= 11 is 0.971. The minimum atomic E-state index is -0.621. The number of anilines is 1. The zero-order valence-electron chi connectivity index (χ0n) is 16.6. The van der Waals surface area contributed by atoms with Gasteiger partial charge in [-0.05, 0) is 37.1 Å². The van der Waals surface area contributed by atoms with E-state index in [9.17, 15) is 14.4 Å². The van der Waals surface area contributed by atoms with Crippen molar-refractivity contribution in [2.75, 3.05) is 18.5 Å². The Kier molecular flexibility index (Phi) is 7.03. The van der Waals surface area contributed by atoms with Crippen LogP contribution in [-0.4, -0.2) is 31.1 Å². The molecule has 1 aromatic carbocycles. The van der Waals surface area contributed by atoms with E-state index in [2.05, 4.69) is 5.32 Å². The first-order valence-electron chi connectivity index (χ1n) is 9.37. The third-order valence-corrected chi connectivity index (χ3v) is 5.44. The first kappa shape index (κ1) is 21.3. The molecule has 30 heavy (non-hydrogen) atoms. The highest BCUT2D eigenvalue weighted by molar-refractivity contribution is 7.18. The molecule has 0 bridgehead atoms. The Hall–Kier alpha value is -3.39. The van der Waals surface area contributed by atoms with Crippen molar-refractivity contribution in [3.05, 3.63) is 76.1 Å². The van der Waals surface area contributed by atoms with E-state index in [-0.39, 0.29) is 34.4 Å². The van der Waals surface area contributed by atoms with Crippen molar-refractivity contribution >= 4 is 34.2 Å². The number of hydrogen-bond acceptors (Lipinski definition) is 7. The maximum Gasteiger partial charge on any atom is 0.348 e. The van der Waals surface area contributed by atoms with Crippen LogP contribution in [0.2, 0.25) is 0 Å². The van der Waals surface area contributed by atoms with Crippen molar-refractivity contribution in [1.82, 2.24) is 0 Å². The predicted molar refractivity (Wildman–Crippen MR) is 112 cm³/mol. The van der Waals surface area contributed by atoms with Crippen molar-refractivity contribution in [2.24, 2.45) is 0 Å². The van der Waals surface area contributed by atoms with Gasteiger partial charge in [-0.1, -0.05) is 30.3 Å². The van der Waals surface area contributed by atoms with Crippen LogP contribution in [-0.2, 0) is 15.9 Å². The molecule has 1 N–H and O–H groups in total. The molecular formula is C22H21NO6S. The van der Waals surface area contributed by atoms with Gasteiger partial charge in [0.25, 0.3) is 5.91 Å². The molecule has 0 radical (unpaired) electrons. The second-order valence-corrected chi connectivity index (χ2v) is 7.30. The number of hydrogen-bond donors (Lipinski definition) is 1. The fourth-order valence-electron chi connectivity index (χ4n) is 2.79. The lowest BCUT2D eigenvalue weighted by molar-refractivity contribution is 0.0514. The Morgan fingerprint density at radius 2 is 1.80 bits per heavy atom. The molecule has 8 heteroatoms. The van der Waals surface area contributed by atoms with E-state index in [4.69, 9.17) is 13.9 Å². The molecule has 0 aliphatic carbocycles. The van der Waals surface area contributed by atoms with Crippen LogP contribution in [0.3, 0.4) is 0 Å². The molecule has 0 unspecified atom stereocenters. The average Bonchev–Trinajstić information content (AvgIpc) is 3.37. The van der Waals surface area contributed by atoms with Crippen LogP contribution in [0.4, 0.5) is 5.00 Å². The lowest BCUT2D eigenvalue weighted by Gasteiger charge is -2.06. The summed E-state index contributed by atoms with van der Waals surface area (Å²) in [5, 5.41) is 2.84. The van der Waals surface area contributed by atoms with Crippen LogP contribution in [0.5, 0.6) is 0 Å². The van der Waals surface area contributed by atoms with Crippen molar-refractivity contribution in [3.8, 4) is 0 Å². The van der Waals surface area contributed by atoms with Gasteiger partial charge in [-0.25, -0.2) is 9.59 Å². The molecule has 0 fully saturated rings. The molecule has 0 spiro atoms. The quantitative estimate of drug-likeness (QED) is 0.533. The van der Waals surface area contributed by atoms with Crippen LogP contribution < -0.4 is 5.32 Å². The largest absolute Gasteiger partial charge is 0.462 e. The van der Waals surface area contributed by atoms with Crippen LogP contribution in [0.15, 0.2) is 53.1 Å². The lowest BCUT2D eigenvalue weighted by atomic mass is 10.1. The number of nitrogens with one attached hydrogen (secondary N) is 1. The fourth-order valence-corrected chi connectivity index (χ4v) is 3.87. The number of benzene rings is 1. The molecule has 156 valence electrons. The first-order chi connectivity index (χ1) is 14.5. The third-order valence-electron chi connectivity index (χ3n) is 4.25. The highest BCUT2D eigenvalue weighted by Crippen LogP contribution is 2.34. The zero-order valence-corrected chi connectivity index (χ0v) is 17.4. The van der Waals surface area contributed by atoms with Crippen molar-refractivity contribution < 1.29 is 28.3 Å². The normalized spacial score (nSPS) is 10.5. The van der Waals surface area contributed by atoms with Gasteiger partial charge in [0.05, 0.1) is 25.0 Å². The Labute approximate surface area is 177 Å². The Morgan fingerprint density at radius 1 is 1.03 bits per heavy atom. The van der Waals surface area contributed by atoms with E-state index in [1.807, 2.05) is 30.3 Å². The third kappa shape index (κ3) is 4.96. The summed E-state index contributed by atoms with van der Waals surface area (Å²) in [7, 11) is 0. The number of furan rings is 1. The van der Waals surface area contributed by atoms with E-state index in [0.29, 0.717) is 12.0 Å². The molecule has 7 nitrogen and oxygen atoms in total. The minimum absolute atomic E-state index is 0.0860. The predicted octanol–water partition coefficient (Wildman–Crippen LogP) is 4.48. The number of thiophene rings is 1. The molecule has 2 aromatic heterocycles. The van der Waals surface area contributed by atoms with Crippen LogP contribution in [0.25, 0.3) is 0 Å². The molecule has 0 aliphatic heterocycles. The summed E-state index contributed by atoms with van der Waals surface area (Å²) in [5.74, 6) is -1.62. The summed E-state index contributed by atoms with van der Waals surface area (Å²) in [6, 6.07) is 12.7. The fraction of sp³-hybridized carbons (Fsp3) is 0.227. The lowest BCUT2D eigenvalue weighted by Crippen LogP contribution is -2.14. The van der Waals surface area contributed by atoms with Crippen LogP contribution >= 0.6 is 11.3 Å². The van der Waals surface area contributed by atoms with E-state index in [0.717, 1.165) is 16.9 Å². The van der Waals surface area contributed by atoms with E-state index >= 15 is 0 Å². The Bertz CT molecular complexity index is 1020. The minimum Gasteiger partial charge on any atom is -0.462 e. The standard InChI is InChI=1S/C22H21NO6S/c1-3-27-21(25)17-14(2)18(22(26)29-13-11-15-8-5-4-6-9-15)30-20(17)23-19(24)16-10-7-12-28-16/h4-10,12H,3,11,13H2,1-2H3,(H,23,24). The summed E-state index contributed by atoms with van der Waals surface area (Å²) in [4.78, 5) is 37.7. The van der Waals surface area contributed by atoms with E-state index in [1.54, 1.807) is 19.9 Å². The number of amides is 1. The van der Waals surface area contributed by atoms with Crippen molar-refractivity contribution in [1.29, 1.82) is 0 Å². The maximum atomic E-state index is 12.6. The molecule has 0 saturated carbocycles. The summed E-state index contributed by atoms with van der Waals surface area (Å²) in [6.45, 7) is 3.66. The molecular weight excluding hydrogens is 406 g/mol.